The monoisotopic (exact) mass is 692 g/mol. The average Bonchev–Trinajstić information content (AvgIpc) is 3.06. The van der Waals surface area contributed by atoms with E-state index in [9.17, 15) is 19.0 Å². The summed E-state index contributed by atoms with van der Waals surface area (Å²) in [6.07, 6.45) is 41.3. The number of phosphoric ester groups is 1. The lowest BCUT2D eigenvalue weighted by Crippen LogP contribution is -2.29. The Kier molecular flexibility index (Phi) is 32.6. The number of phosphoric acid groups is 1. The van der Waals surface area contributed by atoms with Crippen molar-refractivity contribution < 1.29 is 37.6 Å². The molecular formula is C39H65O8P. The summed E-state index contributed by atoms with van der Waals surface area (Å²) in [7, 11) is -4.30. The van der Waals surface area contributed by atoms with E-state index in [1.807, 2.05) is 12.2 Å². The van der Waals surface area contributed by atoms with Gasteiger partial charge >= 0.3 is 19.8 Å². The van der Waals surface area contributed by atoms with Crippen LogP contribution in [0.4, 0.5) is 0 Å². The first kappa shape index (κ1) is 45.5. The predicted molar refractivity (Wildman–Crippen MR) is 198 cm³/mol. The van der Waals surface area contributed by atoms with Crippen LogP contribution in [0.5, 0.6) is 0 Å². The van der Waals surface area contributed by atoms with Crippen molar-refractivity contribution in [2.45, 2.75) is 142 Å². The summed E-state index contributed by atoms with van der Waals surface area (Å²) in [5, 5.41) is 0. The topological polar surface area (TPSA) is 108 Å². The van der Waals surface area contributed by atoms with E-state index < -0.39 is 32.5 Å². The summed E-state index contributed by atoms with van der Waals surface area (Å²) in [5.74, 6) is -0.964. The molecule has 274 valence electrons. The molecule has 48 heavy (non-hydrogen) atoms. The van der Waals surface area contributed by atoms with E-state index >= 15 is 0 Å². The van der Waals surface area contributed by atoms with Crippen LogP contribution < -0.4 is 0 Å². The maximum atomic E-state index is 12.4. The van der Waals surface area contributed by atoms with E-state index in [4.69, 9.17) is 18.5 Å². The number of hydrogen-bond donors (Lipinski definition) is 1. The highest BCUT2D eigenvalue weighted by molar-refractivity contribution is 7.47. The van der Waals surface area contributed by atoms with E-state index in [-0.39, 0.29) is 26.1 Å². The lowest BCUT2D eigenvalue weighted by atomic mass is 10.1. The third kappa shape index (κ3) is 33.4. The molecule has 2 unspecified atom stereocenters. The van der Waals surface area contributed by atoms with Crippen LogP contribution in [-0.2, 0) is 32.7 Å². The van der Waals surface area contributed by atoms with Crippen LogP contribution in [0.15, 0.2) is 72.9 Å². The van der Waals surface area contributed by atoms with Crippen LogP contribution in [0.3, 0.4) is 0 Å². The van der Waals surface area contributed by atoms with Gasteiger partial charge in [0.2, 0.25) is 0 Å². The van der Waals surface area contributed by atoms with Gasteiger partial charge in [-0.25, -0.2) is 4.57 Å². The van der Waals surface area contributed by atoms with Gasteiger partial charge in [0.1, 0.15) is 6.61 Å². The maximum Gasteiger partial charge on any atom is 0.472 e. The average molecular weight is 693 g/mol. The van der Waals surface area contributed by atoms with E-state index in [1.165, 1.54) is 32.1 Å². The molecule has 0 spiro atoms. The van der Waals surface area contributed by atoms with Gasteiger partial charge in [-0.2, -0.15) is 0 Å². The normalized spacial score (nSPS) is 14.3. The highest BCUT2D eigenvalue weighted by Gasteiger charge is 2.25. The molecular weight excluding hydrogens is 627 g/mol. The smallest absolute Gasteiger partial charge is 0.462 e. The van der Waals surface area contributed by atoms with Crippen molar-refractivity contribution in [3.8, 4) is 0 Å². The first-order valence-electron chi connectivity index (χ1n) is 18.2. The molecule has 0 aliphatic heterocycles. The second-order valence-electron chi connectivity index (χ2n) is 11.5. The zero-order valence-electron chi connectivity index (χ0n) is 30.1. The molecule has 0 saturated heterocycles. The Morgan fingerprint density at radius 1 is 0.604 bits per heavy atom. The van der Waals surface area contributed by atoms with Crippen molar-refractivity contribution in [1.82, 2.24) is 0 Å². The third-order valence-corrected chi connectivity index (χ3v) is 8.09. The van der Waals surface area contributed by atoms with Crippen LogP contribution in [0.2, 0.25) is 0 Å². The standard InChI is InChI=1S/C39H65O8P/c1-4-7-9-11-13-15-17-19-20-22-24-26-28-30-32-34-39(41)47-37(36-46-48(42,43)45-6-3)35-44-38(40)33-31-29-27-25-23-21-18-16-14-12-10-8-5-2/h7,9,13,15-16,18-20,24,26,30,32,37H,4-6,8,10-12,14,17,21-23,25,27-29,31,33-36H2,1-3H3,(H,42,43)/b9-7-,15-13-,18-16-,20-19-,26-24-,32-30-. The minimum absolute atomic E-state index is 0.00889. The molecule has 0 amide bonds. The Morgan fingerprint density at radius 3 is 1.69 bits per heavy atom. The summed E-state index contributed by atoms with van der Waals surface area (Å²) in [6.45, 7) is 5.18. The van der Waals surface area contributed by atoms with Gasteiger partial charge in [0.05, 0.1) is 19.6 Å². The van der Waals surface area contributed by atoms with Gasteiger partial charge in [-0.3, -0.25) is 18.6 Å². The van der Waals surface area contributed by atoms with E-state index in [2.05, 4.69) is 68.5 Å². The molecule has 8 nitrogen and oxygen atoms in total. The molecule has 1 N–H and O–H groups in total. The number of carbonyl (C=O) groups is 2. The zero-order chi connectivity index (χ0) is 35.4. The zero-order valence-corrected chi connectivity index (χ0v) is 31.0. The fourth-order valence-corrected chi connectivity index (χ4v) is 5.16. The first-order valence-corrected chi connectivity index (χ1v) is 19.7. The number of carbonyl (C=O) groups excluding carboxylic acids is 2. The van der Waals surface area contributed by atoms with Gasteiger partial charge in [0.15, 0.2) is 6.10 Å². The number of hydrogen-bond acceptors (Lipinski definition) is 7. The minimum Gasteiger partial charge on any atom is -0.462 e. The Morgan fingerprint density at radius 2 is 1.12 bits per heavy atom. The second-order valence-corrected chi connectivity index (χ2v) is 13.0. The third-order valence-electron chi connectivity index (χ3n) is 7.03. The second kappa shape index (κ2) is 34.4. The van der Waals surface area contributed by atoms with Gasteiger partial charge in [-0.05, 0) is 71.1 Å². The number of ether oxygens (including phenoxy) is 2. The van der Waals surface area contributed by atoms with Crippen molar-refractivity contribution in [1.29, 1.82) is 0 Å². The molecule has 0 aliphatic rings. The summed E-state index contributed by atoms with van der Waals surface area (Å²) in [5.41, 5.74) is 0. The Hall–Kier alpha value is -2.51. The SMILES string of the molecule is CC/C=C\C/C=C\C/C=C\C/C=C\C/C=C\CC(=O)OC(COC(=O)CCCCCCC/C=C\CCCCCC)COP(=O)(O)OCC. The summed E-state index contributed by atoms with van der Waals surface area (Å²) in [6, 6.07) is 0. The molecule has 0 rings (SSSR count). The van der Waals surface area contributed by atoms with Crippen LogP contribution in [0.25, 0.3) is 0 Å². The lowest BCUT2D eigenvalue weighted by Gasteiger charge is -2.19. The van der Waals surface area contributed by atoms with E-state index in [1.54, 1.807) is 13.0 Å². The van der Waals surface area contributed by atoms with Crippen molar-refractivity contribution in [3.63, 3.8) is 0 Å². The Labute approximate surface area is 292 Å². The largest absolute Gasteiger partial charge is 0.472 e. The van der Waals surface area contributed by atoms with Crippen LogP contribution >= 0.6 is 7.82 Å². The van der Waals surface area contributed by atoms with Gasteiger partial charge in [0.25, 0.3) is 0 Å². The summed E-state index contributed by atoms with van der Waals surface area (Å²) >= 11 is 0. The van der Waals surface area contributed by atoms with Crippen molar-refractivity contribution >= 4 is 19.8 Å². The Balaban J connectivity index is 4.36. The number of rotatable bonds is 32. The summed E-state index contributed by atoms with van der Waals surface area (Å²) in [4.78, 5) is 34.5. The van der Waals surface area contributed by atoms with Crippen molar-refractivity contribution in [2.24, 2.45) is 0 Å². The van der Waals surface area contributed by atoms with E-state index in [0.29, 0.717) is 12.8 Å². The van der Waals surface area contributed by atoms with Gasteiger partial charge in [-0.1, -0.05) is 125 Å². The lowest BCUT2D eigenvalue weighted by molar-refractivity contribution is -0.160. The fourth-order valence-electron chi connectivity index (χ4n) is 4.40. The van der Waals surface area contributed by atoms with Gasteiger partial charge < -0.3 is 14.4 Å². The molecule has 0 aromatic carbocycles. The highest BCUT2D eigenvalue weighted by atomic mass is 31.2. The molecule has 0 bridgehead atoms. The highest BCUT2D eigenvalue weighted by Crippen LogP contribution is 2.43. The van der Waals surface area contributed by atoms with Crippen molar-refractivity contribution in [3.05, 3.63) is 72.9 Å². The van der Waals surface area contributed by atoms with Crippen LogP contribution in [0, 0.1) is 0 Å². The molecule has 0 aromatic rings. The molecule has 0 aliphatic carbocycles. The van der Waals surface area contributed by atoms with Crippen LogP contribution in [-0.4, -0.2) is 42.8 Å². The van der Waals surface area contributed by atoms with Gasteiger partial charge in [-0.15, -0.1) is 0 Å². The summed E-state index contributed by atoms with van der Waals surface area (Å²) < 4.78 is 32.3. The molecule has 0 radical (unpaired) electrons. The molecule has 9 heteroatoms. The Bertz CT molecular complexity index is 1010. The molecule has 0 fully saturated rings. The molecule has 0 heterocycles. The molecule has 2 atom stereocenters. The number of esters is 2. The van der Waals surface area contributed by atoms with Crippen LogP contribution in [0.1, 0.15) is 136 Å². The maximum absolute atomic E-state index is 12.4. The van der Waals surface area contributed by atoms with Crippen molar-refractivity contribution in [2.75, 3.05) is 19.8 Å². The van der Waals surface area contributed by atoms with Gasteiger partial charge in [0, 0.05) is 6.42 Å². The molecule has 0 saturated carbocycles. The quantitative estimate of drug-likeness (QED) is 0.0321. The van der Waals surface area contributed by atoms with E-state index in [0.717, 1.165) is 57.8 Å². The first-order chi connectivity index (χ1) is 23.3. The number of allylic oxidation sites excluding steroid dienone is 11. The fraction of sp³-hybridized carbons (Fsp3) is 0.641. The number of unbranched alkanes of at least 4 members (excludes halogenated alkanes) is 9. The predicted octanol–water partition coefficient (Wildman–Crippen LogP) is 11.0. The molecule has 0 aromatic heterocycles. The minimum atomic E-state index is -4.30.